The summed E-state index contributed by atoms with van der Waals surface area (Å²) < 4.78 is 5.81. The first-order valence-electron chi connectivity index (χ1n) is 10.1. The monoisotopic (exact) mass is 491 g/mol. The molecule has 6 nitrogen and oxygen atoms in total. The van der Waals surface area contributed by atoms with Crippen molar-refractivity contribution in [2.24, 2.45) is 10.9 Å². The number of aliphatic imine (C=N–C) groups is 1. The number of guanidine groups is 1. The van der Waals surface area contributed by atoms with Gasteiger partial charge in [-0.15, -0.1) is 24.0 Å². The number of halogens is 1. The van der Waals surface area contributed by atoms with E-state index in [-0.39, 0.29) is 29.4 Å². The van der Waals surface area contributed by atoms with Crippen LogP contribution < -0.4 is 10.6 Å². The summed E-state index contributed by atoms with van der Waals surface area (Å²) in [7, 11) is 0. The fourth-order valence-electron chi connectivity index (χ4n) is 3.01. The van der Waals surface area contributed by atoms with E-state index in [1.54, 1.807) is 0 Å². The van der Waals surface area contributed by atoms with Gasteiger partial charge in [-0.2, -0.15) is 0 Å². The van der Waals surface area contributed by atoms with Gasteiger partial charge in [-0.05, 0) is 51.7 Å². The fraction of sp³-hybridized carbons (Fsp3) is 0.800. The Kier molecular flexibility index (Phi) is 10.7. The molecule has 0 radical (unpaired) electrons. The average molecular weight is 491 g/mol. The molecule has 1 aromatic rings. The third-order valence-corrected chi connectivity index (χ3v) is 4.83. The second kappa shape index (κ2) is 11.9. The van der Waals surface area contributed by atoms with Crippen molar-refractivity contribution >= 4 is 29.9 Å². The quantitative estimate of drug-likeness (QED) is 0.263. The SMILES string of the molecule is CCNC(=NCc1ncc(C(C)(C)C)o1)NCCCN1CCC(C)CC1.I. The van der Waals surface area contributed by atoms with E-state index in [9.17, 15) is 0 Å². The van der Waals surface area contributed by atoms with Crippen molar-refractivity contribution < 1.29 is 4.42 Å². The van der Waals surface area contributed by atoms with Gasteiger partial charge >= 0.3 is 0 Å². The van der Waals surface area contributed by atoms with Crippen LogP contribution in [0, 0.1) is 5.92 Å². The highest BCUT2D eigenvalue weighted by Crippen LogP contribution is 2.22. The summed E-state index contributed by atoms with van der Waals surface area (Å²) in [6.07, 6.45) is 5.62. The van der Waals surface area contributed by atoms with Gasteiger partial charge in [0, 0.05) is 18.5 Å². The minimum absolute atomic E-state index is 0. The van der Waals surface area contributed by atoms with Crippen molar-refractivity contribution in [3.63, 3.8) is 0 Å². The van der Waals surface area contributed by atoms with Gasteiger partial charge in [-0.25, -0.2) is 9.98 Å². The van der Waals surface area contributed by atoms with Crippen molar-refractivity contribution in [3.05, 3.63) is 17.8 Å². The van der Waals surface area contributed by atoms with Gasteiger partial charge in [-0.1, -0.05) is 27.7 Å². The maximum atomic E-state index is 5.81. The van der Waals surface area contributed by atoms with Gasteiger partial charge in [0.25, 0.3) is 0 Å². The molecule has 1 fully saturated rings. The summed E-state index contributed by atoms with van der Waals surface area (Å²) in [5.41, 5.74) is -0.0239. The molecule has 0 aromatic carbocycles. The Hall–Kier alpha value is -0.830. The molecule has 1 saturated heterocycles. The molecule has 1 aromatic heterocycles. The molecule has 1 aliphatic heterocycles. The molecular weight excluding hydrogens is 453 g/mol. The Balaban J connectivity index is 0.00000364. The third-order valence-electron chi connectivity index (χ3n) is 4.83. The minimum Gasteiger partial charge on any atom is -0.443 e. The molecule has 0 saturated carbocycles. The van der Waals surface area contributed by atoms with Crippen LogP contribution in [0.15, 0.2) is 15.6 Å². The van der Waals surface area contributed by atoms with Crippen LogP contribution in [-0.4, -0.2) is 48.6 Å². The van der Waals surface area contributed by atoms with Crippen LogP contribution in [-0.2, 0) is 12.0 Å². The number of nitrogens with zero attached hydrogens (tertiary/aromatic N) is 3. The Morgan fingerprint density at radius 3 is 2.59 bits per heavy atom. The molecule has 2 heterocycles. The van der Waals surface area contributed by atoms with Gasteiger partial charge < -0.3 is 20.0 Å². The van der Waals surface area contributed by atoms with Crippen molar-refractivity contribution in [2.45, 2.75) is 65.8 Å². The normalized spacial score (nSPS) is 16.9. The topological polar surface area (TPSA) is 65.7 Å². The maximum absolute atomic E-state index is 5.81. The van der Waals surface area contributed by atoms with E-state index in [1.165, 1.54) is 25.9 Å². The summed E-state index contributed by atoms with van der Waals surface area (Å²) in [6.45, 7) is 16.7. The number of oxazole rings is 1. The average Bonchev–Trinajstić information content (AvgIpc) is 3.07. The Labute approximate surface area is 182 Å². The molecule has 0 spiro atoms. The van der Waals surface area contributed by atoms with Crippen LogP contribution in [0.2, 0.25) is 0 Å². The lowest BCUT2D eigenvalue weighted by atomic mass is 9.94. The molecule has 7 heteroatoms. The van der Waals surface area contributed by atoms with Crippen LogP contribution in [0.4, 0.5) is 0 Å². The molecule has 0 atom stereocenters. The number of aromatic nitrogens is 1. The highest BCUT2D eigenvalue weighted by molar-refractivity contribution is 14.0. The predicted molar refractivity (Wildman–Crippen MR) is 123 cm³/mol. The second-order valence-corrected chi connectivity index (χ2v) is 8.37. The number of likely N-dealkylation sites (tertiary alicyclic amines) is 1. The first-order valence-corrected chi connectivity index (χ1v) is 10.1. The van der Waals surface area contributed by atoms with Crippen LogP contribution in [0.3, 0.4) is 0 Å². The van der Waals surface area contributed by atoms with Gasteiger partial charge in [0.2, 0.25) is 5.89 Å². The Morgan fingerprint density at radius 1 is 1.30 bits per heavy atom. The number of rotatable bonds is 7. The second-order valence-electron chi connectivity index (χ2n) is 8.37. The van der Waals surface area contributed by atoms with Crippen LogP contribution in [0.5, 0.6) is 0 Å². The highest BCUT2D eigenvalue weighted by Gasteiger charge is 2.19. The fourth-order valence-corrected chi connectivity index (χ4v) is 3.01. The van der Waals surface area contributed by atoms with Crippen LogP contribution in [0.25, 0.3) is 0 Å². The summed E-state index contributed by atoms with van der Waals surface area (Å²) in [5, 5.41) is 6.71. The number of hydrogen-bond acceptors (Lipinski definition) is 4. The summed E-state index contributed by atoms with van der Waals surface area (Å²) in [4.78, 5) is 11.5. The largest absolute Gasteiger partial charge is 0.443 e. The van der Waals surface area contributed by atoms with Crippen molar-refractivity contribution in [2.75, 3.05) is 32.7 Å². The van der Waals surface area contributed by atoms with E-state index in [0.717, 1.165) is 43.7 Å². The van der Waals surface area contributed by atoms with Gasteiger partial charge in [-0.3, -0.25) is 0 Å². The molecule has 1 aliphatic rings. The summed E-state index contributed by atoms with van der Waals surface area (Å²) in [6, 6.07) is 0. The van der Waals surface area contributed by atoms with E-state index in [2.05, 4.69) is 60.1 Å². The number of hydrogen-bond donors (Lipinski definition) is 2. The standard InChI is InChI=1S/C20H37N5O.HI/c1-6-21-19(22-10-7-11-25-12-8-16(2)9-13-25)24-15-18-23-14-17(26-18)20(3,4)5;/h14,16H,6-13,15H2,1-5H3,(H2,21,22,24);1H. The molecule has 0 bridgehead atoms. The minimum atomic E-state index is -0.0239. The van der Waals surface area contributed by atoms with E-state index in [1.807, 2.05) is 6.20 Å². The smallest absolute Gasteiger partial charge is 0.216 e. The number of nitrogens with one attached hydrogen (secondary N) is 2. The lowest BCUT2D eigenvalue weighted by molar-refractivity contribution is 0.191. The molecule has 0 aliphatic carbocycles. The maximum Gasteiger partial charge on any atom is 0.216 e. The Morgan fingerprint density at radius 2 is 2.00 bits per heavy atom. The molecule has 156 valence electrons. The molecule has 0 amide bonds. The van der Waals surface area contributed by atoms with E-state index in [0.29, 0.717) is 12.4 Å². The zero-order valence-electron chi connectivity index (χ0n) is 17.7. The van der Waals surface area contributed by atoms with Crippen LogP contribution in [0.1, 0.15) is 65.5 Å². The van der Waals surface area contributed by atoms with E-state index < -0.39 is 0 Å². The zero-order chi connectivity index (χ0) is 19.0. The lowest BCUT2D eigenvalue weighted by Crippen LogP contribution is -2.39. The third kappa shape index (κ3) is 8.81. The summed E-state index contributed by atoms with van der Waals surface area (Å²) in [5.74, 6) is 3.28. The number of piperidine rings is 1. The van der Waals surface area contributed by atoms with Gasteiger partial charge in [0.05, 0.1) is 6.20 Å². The van der Waals surface area contributed by atoms with Gasteiger partial charge in [0.15, 0.2) is 5.96 Å². The van der Waals surface area contributed by atoms with Gasteiger partial charge in [0.1, 0.15) is 12.3 Å². The highest BCUT2D eigenvalue weighted by atomic mass is 127. The van der Waals surface area contributed by atoms with Crippen LogP contribution >= 0.6 is 24.0 Å². The molecule has 27 heavy (non-hydrogen) atoms. The first-order chi connectivity index (χ1) is 12.4. The van der Waals surface area contributed by atoms with Crippen molar-refractivity contribution in [1.82, 2.24) is 20.5 Å². The van der Waals surface area contributed by atoms with Crippen molar-refractivity contribution in [3.8, 4) is 0 Å². The Bertz CT molecular complexity index is 559. The van der Waals surface area contributed by atoms with E-state index >= 15 is 0 Å². The lowest BCUT2D eigenvalue weighted by Gasteiger charge is -2.30. The first kappa shape index (κ1) is 24.2. The molecule has 2 rings (SSSR count). The van der Waals surface area contributed by atoms with E-state index in [4.69, 9.17) is 4.42 Å². The molecule has 2 N–H and O–H groups in total. The summed E-state index contributed by atoms with van der Waals surface area (Å²) >= 11 is 0. The molecular formula is C20H38IN5O. The predicted octanol–water partition coefficient (Wildman–Crippen LogP) is 3.77. The zero-order valence-corrected chi connectivity index (χ0v) is 20.0. The van der Waals surface area contributed by atoms with Crippen molar-refractivity contribution in [1.29, 1.82) is 0 Å². The molecule has 0 unspecified atom stereocenters.